The van der Waals surface area contributed by atoms with Crippen molar-refractivity contribution in [1.82, 2.24) is 10.2 Å². The molecule has 1 saturated heterocycles. The molecule has 2 atom stereocenters. The molecule has 86 valence electrons. The van der Waals surface area contributed by atoms with Gasteiger partial charge in [-0.3, -0.25) is 4.90 Å². The van der Waals surface area contributed by atoms with Crippen molar-refractivity contribution in [1.29, 1.82) is 0 Å². The van der Waals surface area contributed by atoms with Gasteiger partial charge in [0.2, 0.25) is 0 Å². The minimum atomic E-state index is 0.328. The summed E-state index contributed by atoms with van der Waals surface area (Å²) >= 11 is 0. The third-order valence-corrected chi connectivity index (χ3v) is 3.29. The average molecular weight is 208 g/mol. The van der Waals surface area contributed by atoms with Crippen molar-refractivity contribution in [3.05, 3.63) is 0 Å². The Labute approximate surface area is 94.4 Å². The third-order valence-electron chi connectivity index (χ3n) is 3.29. The van der Waals surface area contributed by atoms with Gasteiger partial charge in [0, 0.05) is 38.1 Å². The highest BCUT2D eigenvalue weighted by Gasteiger charge is 2.31. The SMILES string of the molecule is C#CCCN1CC(C(C)(C)C)NCC1C. The van der Waals surface area contributed by atoms with Gasteiger partial charge in [-0.15, -0.1) is 12.3 Å². The van der Waals surface area contributed by atoms with Gasteiger partial charge in [-0.1, -0.05) is 20.8 Å². The summed E-state index contributed by atoms with van der Waals surface area (Å²) in [7, 11) is 0. The van der Waals surface area contributed by atoms with Crippen molar-refractivity contribution in [2.75, 3.05) is 19.6 Å². The number of nitrogens with one attached hydrogen (secondary N) is 1. The molecule has 1 N–H and O–H groups in total. The van der Waals surface area contributed by atoms with Crippen molar-refractivity contribution in [3.8, 4) is 12.3 Å². The summed E-state index contributed by atoms with van der Waals surface area (Å²) in [5.41, 5.74) is 0.328. The van der Waals surface area contributed by atoms with Crippen molar-refractivity contribution in [2.24, 2.45) is 5.41 Å². The van der Waals surface area contributed by atoms with Crippen LogP contribution < -0.4 is 5.32 Å². The number of hydrogen-bond donors (Lipinski definition) is 1. The van der Waals surface area contributed by atoms with E-state index in [1.54, 1.807) is 0 Å². The number of terminal acetylenes is 1. The number of nitrogens with zero attached hydrogens (tertiary/aromatic N) is 1. The van der Waals surface area contributed by atoms with Gasteiger partial charge in [0.05, 0.1) is 0 Å². The maximum Gasteiger partial charge on any atom is 0.0244 e. The second-order valence-corrected chi connectivity index (χ2v) is 5.62. The van der Waals surface area contributed by atoms with Gasteiger partial charge in [-0.25, -0.2) is 0 Å². The summed E-state index contributed by atoms with van der Waals surface area (Å²) in [4.78, 5) is 2.51. The smallest absolute Gasteiger partial charge is 0.0244 e. The minimum Gasteiger partial charge on any atom is -0.311 e. The first-order valence-corrected chi connectivity index (χ1v) is 5.86. The van der Waals surface area contributed by atoms with E-state index >= 15 is 0 Å². The molecule has 15 heavy (non-hydrogen) atoms. The number of rotatable bonds is 2. The lowest BCUT2D eigenvalue weighted by Crippen LogP contribution is -2.59. The van der Waals surface area contributed by atoms with Crippen LogP contribution in [0.1, 0.15) is 34.1 Å². The molecular weight excluding hydrogens is 184 g/mol. The fraction of sp³-hybridized carbons (Fsp3) is 0.846. The summed E-state index contributed by atoms with van der Waals surface area (Å²) in [6.45, 7) is 12.4. The van der Waals surface area contributed by atoms with E-state index in [1.807, 2.05) is 0 Å². The molecule has 0 bridgehead atoms. The fourth-order valence-electron chi connectivity index (χ4n) is 2.02. The van der Waals surface area contributed by atoms with E-state index in [4.69, 9.17) is 6.42 Å². The molecule has 2 heteroatoms. The van der Waals surface area contributed by atoms with Gasteiger partial charge in [0.1, 0.15) is 0 Å². The van der Waals surface area contributed by atoms with Gasteiger partial charge in [0.25, 0.3) is 0 Å². The Morgan fingerprint density at radius 1 is 1.47 bits per heavy atom. The van der Waals surface area contributed by atoms with E-state index in [1.165, 1.54) is 0 Å². The van der Waals surface area contributed by atoms with Crippen LogP contribution in [0.3, 0.4) is 0 Å². The molecule has 0 saturated carbocycles. The Morgan fingerprint density at radius 2 is 2.13 bits per heavy atom. The van der Waals surface area contributed by atoms with Crippen LogP contribution in [0.5, 0.6) is 0 Å². The van der Waals surface area contributed by atoms with Crippen LogP contribution in [-0.2, 0) is 0 Å². The fourth-order valence-corrected chi connectivity index (χ4v) is 2.02. The monoisotopic (exact) mass is 208 g/mol. The first-order valence-electron chi connectivity index (χ1n) is 5.86. The van der Waals surface area contributed by atoms with E-state index in [0.29, 0.717) is 17.5 Å². The van der Waals surface area contributed by atoms with Gasteiger partial charge in [-0.2, -0.15) is 0 Å². The Bertz CT molecular complexity index is 234. The maximum absolute atomic E-state index is 5.32. The van der Waals surface area contributed by atoms with E-state index in [0.717, 1.165) is 26.1 Å². The van der Waals surface area contributed by atoms with E-state index in [9.17, 15) is 0 Å². The predicted octanol–water partition coefficient (Wildman–Crippen LogP) is 1.72. The molecule has 0 radical (unpaired) electrons. The summed E-state index contributed by atoms with van der Waals surface area (Å²) in [6, 6.07) is 1.18. The molecule has 1 rings (SSSR count). The largest absolute Gasteiger partial charge is 0.311 e. The average Bonchev–Trinajstić information content (AvgIpc) is 2.15. The molecule has 0 spiro atoms. The highest BCUT2D eigenvalue weighted by molar-refractivity contribution is 4.92. The molecule has 2 nitrogen and oxygen atoms in total. The van der Waals surface area contributed by atoms with Crippen LogP contribution >= 0.6 is 0 Å². The van der Waals surface area contributed by atoms with Crippen molar-refractivity contribution < 1.29 is 0 Å². The van der Waals surface area contributed by atoms with E-state index in [2.05, 4.69) is 43.8 Å². The second-order valence-electron chi connectivity index (χ2n) is 5.62. The Morgan fingerprint density at radius 3 is 2.67 bits per heavy atom. The molecule has 0 amide bonds. The number of piperazine rings is 1. The standard InChI is InChI=1S/C13H24N2/c1-6-7-8-15-10-12(13(3,4)5)14-9-11(15)2/h1,11-12,14H,7-10H2,2-5H3. The zero-order valence-corrected chi connectivity index (χ0v) is 10.5. The normalized spacial score (nSPS) is 28.7. The Kier molecular flexibility index (Phi) is 4.19. The van der Waals surface area contributed by atoms with Crippen molar-refractivity contribution >= 4 is 0 Å². The van der Waals surface area contributed by atoms with Crippen molar-refractivity contribution in [2.45, 2.75) is 46.2 Å². The maximum atomic E-state index is 5.32. The Hall–Kier alpha value is -0.520. The lowest BCUT2D eigenvalue weighted by atomic mass is 9.85. The van der Waals surface area contributed by atoms with Gasteiger partial charge in [0.15, 0.2) is 0 Å². The summed E-state index contributed by atoms with van der Waals surface area (Å²) in [5, 5.41) is 3.62. The predicted molar refractivity (Wildman–Crippen MR) is 65.7 cm³/mol. The van der Waals surface area contributed by atoms with Crippen LogP contribution in [-0.4, -0.2) is 36.6 Å². The highest BCUT2D eigenvalue weighted by atomic mass is 15.2. The second kappa shape index (κ2) is 5.01. The first kappa shape index (κ1) is 12.5. The Balaban J connectivity index is 2.53. The molecule has 1 heterocycles. The third kappa shape index (κ3) is 3.52. The molecule has 2 unspecified atom stereocenters. The van der Waals surface area contributed by atoms with Gasteiger partial charge in [-0.05, 0) is 12.3 Å². The summed E-state index contributed by atoms with van der Waals surface area (Å²) in [6.07, 6.45) is 6.18. The first-order chi connectivity index (χ1) is 6.95. The topological polar surface area (TPSA) is 15.3 Å². The molecule has 0 aromatic rings. The molecule has 1 aliphatic heterocycles. The molecule has 0 aliphatic carbocycles. The number of hydrogen-bond acceptors (Lipinski definition) is 2. The lowest BCUT2D eigenvalue weighted by molar-refractivity contribution is 0.0958. The van der Waals surface area contributed by atoms with Gasteiger partial charge < -0.3 is 5.32 Å². The summed E-state index contributed by atoms with van der Waals surface area (Å²) < 4.78 is 0. The molecule has 0 aromatic heterocycles. The lowest BCUT2D eigenvalue weighted by Gasteiger charge is -2.43. The quantitative estimate of drug-likeness (QED) is 0.695. The van der Waals surface area contributed by atoms with Crippen LogP contribution in [0.25, 0.3) is 0 Å². The molecule has 0 aromatic carbocycles. The van der Waals surface area contributed by atoms with Crippen LogP contribution in [0.2, 0.25) is 0 Å². The van der Waals surface area contributed by atoms with E-state index in [-0.39, 0.29) is 0 Å². The van der Waals surface area contributed by atoms with Crippen LogP contribution in [0.4, 0.5) is 0 Å². The molecular formula is C13H24N2. The van der Waals surface area contributed by atoms with E-state index < -0.39 is 0 Å². The molecule has 1 aliphatic rings. The zero-order valence-electron chi connectivity index (χ0n) is 10.5. The van der Waals surface area contributed by atoms with Crippen molar-refractivity contribution in [3.63, 3.8) is 0 Å². The van der Waals surface area contributed by atoms with Gasteiger partial charge >= 0.3 is 0 Å². The summed E-state index contributed by atoms with van der Waals surface area (Å²) in [5.74, 6) is 2.73. The zero-order chi connectivity index (χ0) is 11.5. The van der Waals surface area contributed by atoms with Crippen LogP contribution in [0.15, 0.2) is 0 Å². The minimum absolute atomic E-state index is 0.328. The van der Waals surface area contributed by atoms with Crippen LogP contribution in [0, 0.1) is 17.8 Å². The molecule has 1 fully saturated rings. The highest BCUT2D eigenvalue weighted by Crippen LogP contribution is 2.23.